The van der Waals surface area contributed by atoms with E-state index in [0.717, 1.165) is 37.7 Å². The standard InChI is InChI=1S/C26H38N4O7/c1-18(31)29-22-24-23(36-26(2,3)37-24)20(16-28-30-27)35-25(22)33-15-11-6-4-5-10-14-21(32)34-17-19-12-8-7-9-13-19/h7-9,12-13,20,22-25H,4-6,10-11,14-17H2,1-3H3,(H,29,31). The van der Waals surface area contributed by atoms with Gasteiger partial charge in [0.2, 0.25) is 5.91 Å². The summed E-state index contributed by atoms with van der Waals surface area (Å²) < 4.78 is 29.5. The van der Waals surface area contributed by atoms with Gasteiger partial charge in [-0.15, -0.1) is 0 Å². The van der Waals surface area contributed by atoms with Gasteiger partial charge in [-0.05, 0) is 37.8 Å². The second-order valence-corrected chi connectivity index (χ2v) is 9.78. The van der Waals surface area contributed by atoms with Crippen LogP contribution in [-0.4, -0.2) is 61.5 Å². The van der Waals surface area contributed by atoms with Crippen molar-refractivity contribution in [2.24, 2.45) is 5.11 Å². The third-order valence-corrected chi connectivity index (χ3v) is 6.23. The molecule has 11 nitrogen and oxygen atoms in total. The van der Waals surface area contributed by atoms with Crippen molar-refractivity contribution in [1.29, 1.82) is 0 Å². The van der Waals surface area contributed by atoms with Gasteiger partial charge in [-0.3, -0.25) is 9.59 Å². The van der Waals surface area contributed by atoms with Crippen molar-refractivity contribution in [2.45, 2.75) is 102 Å². The molecule has 0 radical (unpaired) electrons. The molecule has 1 aromatic rings. The van der Waals surface area contributed by atoms with Crippen molar-refractivity contribution in [3.05, 3.63) is 46.3 Å². The Bertz CT molecular complexity index is 923. The Balaban J connectivity index is 1.37. The summed E-state index contributed by atoms with van der Waals surface area (Å²) in [6.07, 6.45) is 2.47. The first-order valence-electron chi connectivity index (χ1n) is 12.9. The molecule has 0 aromatic heterocycles. The van der Waals surface area contributed by atoms with E-state index in [4.69, 9.17) is 29.2 Å². The zero-order valence-corrected chi connectivity index (χ0v) is 21.8. The highest BCUT2D eigenvalue weighted by Crippen LogP contribution is 2.38. The second kappa shape index (κ2) is 14.3. The van der Waals surface area contributed by atoms with E-state index < -0.39 is 36.4 Å². The molecule has 5 unspecified atom stereocenters. The van der Waals surface area contributed by atoms with Crippen molar-refractivity contribution in [1.82, 2.24) is 5.32 Å². The largest absolute Gasteiger partial charge is 0.461 e. The van der Waals surface area contributed by atoms with Gasteiger partial charge in [0, 0.05) is 24.9 Å². The fourth-order valence-electron chi connectivity index (χ4n) is 4.57. The normalized spacial score (nSPS) is 26.1. The van der Waals surface area contributed by atoms with Crippen LogP contribution in [0.5, 0.6) is 0 Å². The van der Waals surface area contributed by atoms with Crippen LogP contribution in [0.1, 0.15) is 64.9 Å². The van der Waals surface area contributed by atoms with Crippen LogP contribution in [0.15, 0.2) is 35.4 Å². The second-order valence-electron chi connectivity index (χ2n) is 9.78. The Hall–Kier alpha value is -2.69. The van der Waals surface area contributed by atoms with E-state index in [-0.39, 0.29) is 18.4 Å². The zero-order chi connectivity index (χ0) is 26.7. The summed E-state index contributed by atoms with van der Waals surface area (Å²) in [7, 11) is 0. The summed E-state index contributed by atoms with van der Waals surface area (Å²) >= 11 is 0. The van der Waals surface area contributed by atoms with Crippen molar-refractivity contribution in [3.63, 3.8) is 0 Å². The highest BCUT2D eigenvalue weighted by molar-refractivity contribution is 5.73. The molecule has 2 saturated heterocycles. The smallest absolute Gasteiger partial charge is 0.306 e. The monoisotopic (exact) mass is 518 g/mol. The number of fused-ring (bicyclic) bond motifs is 1. The molecule has 204 valence electrons. The SMILES string of the molecule is CC(=O)NC1C(OCCCCCCCC(=O)OCc2ccccc2)OC(CN=[N+]=[N-])C2OC(C)(C)OC12. The zero-order valence-electron chi connectivity index (χ0n) is 21.8. The minimum absolute atomic E-state index is 0.0670. The molecule has 0 aliphatic carbocycles. The maximum absolute atomic E-state index is 11.9. The van der Waals surface area contributed by atoms with E-state index in [1.807, 2.05) is 30.3 Å². The molecule has 37 heavy (non-hydrogen) atoms. The van der Waals surface area contributed by atoms with Crippen LogP contribution in [-0.2, 0) is 39.9 Å². The van der Waals surface area contributed by atoms with Crippen molar-refractivity contribution >= 4 is 11.9 Å². The number of carbonyl (C=O) groups is 2. The van der Waals surface area contributed by atoms with Crippen LogP contribution >= 0.6 is 0 Å². The van der Waals surface area contributed by atoms with E-state index in [1.54, 1.807) is 13.8 Å². The highest BCUT2D eigenvalue weighted by atomic mass is 16.8. The number of nitrogens with zero attached hydrogens (tertiary/aromatic N) is 3. The average Bonchev–Trinajstić information content (AvgIpc) is 3.20. The van der Waals surface area contributed by atoms with Crippen LogP contribution in [0, 0.1) is 0 Å². The number of amides is 1. The lowest BCUT2D eigenvalue weighted by atomic mass is 9.96. The molecule has 1 aromatic carbocycles. The average molecular weight is 519 g/mol. The molecular weight excluding hydrogens is 480 g/mol. The van der Waals surface area contributed by atoms with Crippen LogP contribution in [0.4, 0.5) is 0 Å². The quantitative estimate of drug-likeness (QED) is 0.128. The number of azide groups is 1. The van der Waals surface area contributed by atoms with Gasteiger partial charge < -0.3 is 29.0 Å². The number of hydrogen-bond donors (Lipinski definition) is 1. The summed E-state index contributed by atoms with van der Waals surface area (Å²) in [5.41, 5.74) is 9.74. The molecule has 1 amide bonds. The summed E-state index contributed by atoms with van der Waals surface area (Å²) in [4.78, 5) is 26.6. The van der Waals surface area contributed by atoms with Gasteiger partial charge >= 0.3 is 5.97 Å². The minimum Gasteiger partial charge on any atom is -0.461 e. The van der Waals surface area contributed by atoms with Gasteiger partial charge in [0.1, 0.15) is 24.9 Å². The summed E-state index contributed by atoms with van der Waals surface area (Å²) in [6, 6.07) is 9.07. The predicted octanol–water partition coefficient (Wildman–Crippen LogP) is 4.15. The fourth-order valence-corrected chi connectivity index (χ4v) is 4.57. The summed E-state index contributed by atoms with van der Waals surface area (Å²) in [6.45, 7) is 5.81. The molecule has 0 saturated carbocycles. The van der Waals surface area contributed by atoms with Crippen molar-refractivity contribution in [2.75, 3.05) is 13.2 Å². The molecule has 2 heterocycles. The Kier molecular flexibility index (Phi) is 11.2. The van der Waals surface area contributed by atoms with Crippen molar-refractivity contribution in [3.8, 4) is 0 Å². The number of benzene rings is 1. The van der Waals surface area contributed by atoms with Gasteiger partial charge in [-0.25, -0.2) is 0 Å². The third-order valence-electron chi connectivity index (χ3n) is 6.23. The van der Waals surface area contributed by atoms with E-state index in [1.165, 1.54) is 6.92 Å². The number of hydrogen-bond acceptors (Lipinski definition) is 8. The Morgan fingerprint density at radius 3 is 2.51 bits per heavy atom. The molecule has 3 rings (SSSR count). The number of esters is 1. The van der Waals surface area contributed by atoms with Gasteiger partial charge in [0.25, 0.3) is 0 Å². The van der Waals surface area contributed by atoms with Crippen molar-refractivity contribution < 1.29 is 33.3 Å². The molecule has 5 atom stereocenters. The number of rotatable bonds is 14. The lowest BCUT2D eigenvalue weighted by Crippen LogP contribution is -2.63. The van der Waals surface area contributed by atoms with Gasteiger partial charge in [-0.1, -0.05) is 54.7 Å². The molecule has 0 bridgehead atoms. The van der Waals surface area contributed by atoms with Crippen LogP contribution in [0.3, 0.4) is 0 Å². The van der Waals surface area contributed by atoms with E-state index in [9.17, 15) is 9.59 Å². The van der Waals surface area contributed by atoms with E-state index >= 15 is 0 Å². The lowest BCUT2D eigenvalue weighted by molar-refractivity contribution is -0.242. The first kappa shape index (κ1) is 28.9. The molecule has 2 aliphatic rings. The van der Waals surface area contributed by atoms with E-state index in [0.29, 0.717) is 19.6 Å². The van der Waals surface area contributed by atoms with Crippen LogP contribution < -0.4 is 5.32 Å². The molecule has 1 N–H and O–H groups in total. The predicted molar refractivity (Wildman–Crippen MR) is 134 cm³/mol. The molecular formula is C26H38N4O7. The first-order valence-corrected chi connectivity index (χ1v) is 12.9. The Morgan fingerprint density at radius 1 is 1.08 bits per heavy atom. The number of unbranched alkanes of at least 4 members (excludes halogenated alkanes) is 4. The summed E-state index contributed by atoms with van der Waals surface area (Å²) in [5.74, 6) is -1.28. The van der Waals surface area contributed by atoms with Gasteiger partial charge in [-0.2, -0.15) is 0 Å². The third kappa shape index (κ3) is 9.28. The van der Waals surface area contributed by atoms with Gasteiger partial charge in [0.05, 0.1) is 12.6 Å². The Labute approximate surface area is 217 Å². The van der Waals surface area contributed by atoms with Crippen LogP contribution in [0.25, 0.3) is 10.4 Å². The highest BCUT2D eigenvalue weighted by Gasteiger charge is 2.55. The lowest BCUT2D eigenvalue weighted by Gasteiger charge is -2.41. The number of ether oxygens (including phenoxy) is 5. The first-order chi connectivity index (χ1) is 17.8. The molecule has 2 aliphatic heterocycles. The van der Waals surface area contributed by atoms with Crippen LogP contribution in [0.2, 0.25) is 0 Å². The summed E-state index contributed by atoms with van der Waals surface area (Å²) in [5, 5.41) is 6.52. The van der Waals surface area contributed by atoms with E-state index in [2.05, 4.69) is 15.3 Å². The number of nitrogens with one attached hydrogen (secondary N) is 1. The minimum atomic E-state index is -0.868. The fraction of sp³-hybridized carbons (Fsp3) is 0.692. The topological polar surface area (TPSA) is 141 Å². The van der Waals surface area contributed by atoms with Gasteiger partial charge in [0.15, 0.2) is 12.1 Å². The molecule has 0 spiro atoms. The molecule has 2 fully saturated rings. The Morgan fingerprint density at radius 2 is 1.78 bits per heavy atom. The maximum atomic E-state index is 11.9. The maximum Gasteiger partial charge on any atom is 0.306 e. The molecule has 11 heteroatoms. The number of carbonyl (C=O) groups excluding carboxylic acids is 2.